The third-order valence-electron chi connectivity index (χ3n) is 3.23. The summed E-state index contributed by atoms with van der Waals surface area (Å²) < 4.78 is 0. The van der Waals surface area contributed by atoms with E-state index in [2.05, 4.69) is 29.9 Å². The Bertz CT molecular complexity index is 606. The first kappa shape index (κ1) is 13.2. The molecule has 2 aromatic heterocycles. The smallest absolute Gasteiger partial charge is 0.142 e. The van der Waals surface area contributed by atoms with Crippen LogP contribution in [0.3, 0.4) is 0 Å². The van der Waals surface area contributed by atoms with Gasteiger partial charge < -0.3 is 10.7 Å². The Balaban J connectivity index is 2.76. The SMILES string of the molecule is CCCc1nc(N)c(C#N)c(-c2ccc[nH]2)c1CC. The van der Waals surface area contributed by atoms with E-state index in [0.29, 0.717) is 11.4 Å². The van der Waals surface area contributed by atoms with Gasteiger partial charge in [0.2, 0.25) is 0 Å². The van der Waals surface area contributed by atoms with Crippen molar-refractivity contribution in [2.24, 2.45) is 0 Å². The predicted molar refractivity (Wildman–Crippen MR) is 76.5 cm³/mol. The van der Waals surface area contributed by atoms with E-state index in [9.17, 15) is 5.26 Å². The minimum Gasteiger partial charge on any atom is -0.383 e. The molecule has 0 saturated heterocycles. The maximum Gasteiger partial charge on any atom is 0.142 e. The van der Waals surface area contributed by atoms with Gasteiger partial charge in [-0.2, -0.15) is 5.26 Å². The lowest BCUT2D eigenvalue weighted by molar-refractivity contribution is 0.859. The van der Waals surface area contributed by atoms with Crippen molar-refractivity contribution in [3.63, 3.8) is 0 Å². The second-order valence-electron chi connectivity index (χ2n) is 4.47. The van der Waals surface area contributed by atoms with E-state index in [1.165, 1.54) is 0 Å². The van der Waals surface area contributed by atoms with E-state index in [1.807, 2.05) is 18.3 Å². The molecule has 2 heterocycles. The first-order chi connectivity index (χ1) is 9.22. The van der Waals surface area contributed by atoms with Crippen LogP contribution in [0, 0.1) is 11.3 Å². The van der Waals surface area contributed by atoms with Crippen LogP contribution in [0.2, 0.25) is 0 Å². The number of rotatable bonds is 4. The van der Waals surface area contributed by atoms with Gasteiger partial charge in [0, 0.05) is 23.1 Å². The minimum atomic E-state index is 0.327. The van der Waals surface area contributed by atoms with Gasteiger partial charge in [-0.3, -0.25) is 0 Å². The molecule has 19 heavy (non-hydrogen) atoms. The number of hydrogen-bond acceptors (Lipinski definition) is 3. The first-order valence-corrected chi connectivity index (χ1v) is 6.57. The zero-order valence-electron chi connectivity index (χ0n) is 11.3. The second-order valence-corrected chi connectivity index (χ2v) is 4.47. The summed E-state index contributed by atoms with van der Waals surface area (Å²) in [5, 5.41) is 9.35. The number of nitrogen functional groups attached to an aromatic ring is 1. The van der Waals surface area contributed by atoms with E-state index in [-0.39, 0.29) is 0 Å². The summed E-state index contributed by atoms with van der Waals surface area (Å²) in [4.78, 5) is 7.58. The monoisotopic (exact) mass is 254 g/mol. The molecule has 0 spiro atoms. The molecule has 0 fully saturated rings. The third-order valence-corrected chi connectivity index (χ3v) is 3.23. The summed E-state index contributed by atoms with van der Waals surface area (Å²) in [6, 6.07) is 6.07. The molecule has 2 rings (SSSR count). The lowest BCUT2D eigenvalue weighted by Gasteiger charge is -2.15. The van der Waals surface area contributed by atoms with Gasteiger partial charge in [-0.1, -0.05) is 20.3 Å². The maximum atomic E-state index is 9.35. The van der Waals surface area contributed by atoms with E-state index in [0.717, 1.165) is 41.8 Å². The van der Waals surface area contributed by atoms with Crippen LogP contribution in [-0.2, 0) is 12.8 Å². The molecule has 0 aliphatic carbocycles. The molecule has 0 atom stereocenters. The minimum absolute atomic E-state index is 0.327. The van der Waals surface area contributed by atoms with Crippen molar-refractivity contribution in [3.05, 3.63) is 35.2 Å². The molecular formula is C15H18N4. The van der Waals surface area contributed by atoms with E-state index in [4.69, 9.17) is 5.73 Å². The highest BCUT2D eigenvalue weighted by molar-refractivity contribution is 5.77. The largest absolute Gasteiger partial charge is 0.383 e. The molecule has 4 nitrogen and oxygen atoms in total. The van der Waals surface area contributed by atoms with Crippen LogP contribution in [0.4, 0.5) is 5.82 Å². The van der Waals surface area contributed by atoms with Crippen LogP contribution in [-0.4, -0.2) is 9.97 Å². The predicted octanol–water partition coefficient (Wildman–Crippen LogP) is 3.05. The summed E-state index contributed by atoms with van der Waals surface area (Å²) in [5.74, 6) is 0.327. The maximum absolute atomic E-state index is 9.35. The fraction of sp³-hybridized carbons (Fsp3) is 0.333. The fourth-order valence-electron chi connectivity index (χ4n) is 2.41. The van der Waals surface area contributed by atoms with Gasteiger partial charge in [0.25, 0.3) is 0 Å². The van der Waals surface area contributed by atoms with Crippen LogP contribution in [0.5, 0.6) is 0 Å². The van der Waals surface area contributed by atoms with Gasteiger partial charge >= 0.3 is 0 Å². The molecule has 0 aliphatic rings. The number of aryl methyl sites for hydroxylation is 1. The van der Waals surface area contributed by atoms with Crippen LogP contribution >= 0.6 is 0 Å². The van der Waals surface area contributed by atoms with Crippen molar-refractivity contribution in [3.8, 4) is 17.3 Å². The second kappa shape index (κ2) is 5.57. The average molecular weight is 254 g/mol. The van der Waals surface area contributed by atoms with Crippen LogP contribution in [0.25, 0.3) is 11.3 Å². The van der Waals surface area contributed by atoms with Crippen molar-refractivity contribution in [1.82, 2.24) is 9.97 Å². The van der Waals surface area contributed by atoms with Gasteiger partial charge in [-0.05, 0) is 30.5 Å². The fourth-order valence-corrected chi connectivity index (χ4v) is 2.41. The van der Waals surface area contributed by atoms with Crippen molar-refractivity contribution in [2.75, 3.05) is 5.73 Å². The summed E-state index contributed by atoms with van der Waals surface area (Å²) in [5.41, 5.74) is 10.4. The van der Waals surface area contributed by atoms with Gasteiger partial charge in [0.1, 0.15) is 17.5 Å². The van der Waals surface area contributed by atoms with E-state index >= 15 is 0 Å². The Morgan fingerprint density at radius 3 is 2.74 bits per heavy atom. The first-order valence-electron chi connectivity index (χ1n) is 6.57. The zero-order valence-corrected chi connectivity index (χ0v) is 11.3. The van der Waals surface area contributed by atoms with Crippen molar-refractivity contribution < 1.29 is 0 Å². The number of aromatic nitrogens is 2. The number of nitrogens with zero attached hydrogens (tertiary/aromatic N) is 2. The lowest BCUT2D eigenvalue weighted by Crippen LogP contribution is -2.07. The Hall–Kier alpha value is -2.28. The summed E-state index contributed by atoms with van der Waals surface area (Å²) in [7, 11) is 0. The van der Waals surface area contributed by atoms with Crippen LogP contribution in [0.15, 0.2) is 18.3 Å². The quantitative estimate of drug-likeness (QED) is 0.880. The van der Waals surface area contributed by atoms with Crippen molar-refractivity contribution in [2.45, 2.75) is 33.1 Å². The highest BCUT2D eigenvalue weighted by atomic mass is 14.9. The number of nitriles is 1. The molecule has 4 heteroatoms. The molecule has 0 unspecified atom stereocenters. The van der Waals surface area contributed by atoms with E-state index < -0.39 is 0 Å². The normalized spacial score (nSPS) is 10.4. The molecular weight excluding hydrogens is 236 g/mol. The van der Waals surface area contributed by atoms with Gasteiger partial charge in [0.15, 0.2) is 0 Å². The number of aromatic amines is 1. The Kier molecular flexibility index (Phi) is 3.86. The molecule has 3 N–H and O–H groups in total. The van der Waals surface area contributed by atoms with Crippen LogP contribution in [0.1, 0.15) is 37.1 Å². The van der Waals surface area contributed by atoms with E-state index in [1.54, 1.807) is 0 Å². The Morgan fingerprint density at radius 2 is 2.21 bits per heavy atom. The molecule has 0 saturated carbocycles. The zero-order chi connectivity index (χ0) is 13.8. The molecule has 98 valence electrons. The third kappa shape index (κ3) is 2.32. The Labute approximate surface area is 113 Å². The van der Waals surface area contributed by atoms with Crippen LogP contribution < -0.4 is 5.73 Å². The van der Waals surface area contributed by atoms with Crippen molar-refractivity contribution >= 4 is 5.82 Å². The Morgan fingerprint density at radius 1 is 1.42 bits per heavy atom. The summed E-state index contributed by atoms with van der Waals surface area (Å²) in [6.07, 6.45) is 4.58. The summed E-state index contributed by atoms with van der Waals surface area (Å²) >= 11 is 0. The number of nitrogens with two attached hydrogens (primary N) is 1. The van der Waals surface area contributed by atoms with Gasteiger partial charge in [0.05, 0.1) is 0 Å². The average Bonchev–Trinajstić information content (AvgIpc) is 2.92. The molecule has 2 aromatic rings. The molecule has 0 aromatic carbocycles. The van der Waals surface area contributed by atoms with Gasteiger partial charge in [-0.25, -0.2) is 4.98 Å². The van der Waals surface area contributed by atoms with Crippen molar-refractivity contribution in [1.29, 1.82) is 5.26 Å². The molecule has 0 radical (unpaired) electrons. The number of nitrogens with one attached hydrogen (secondary N) is 1. The number of H-pyrrole nitrogens is 1. The summed E-state index contributed by atoms with van der Waals surface area (Å²) in [6.45, 7) is 4.20. The molecule has 0 amide bonds. The molecule has 0 aliphatic heterocycles. The van der Waals surface area contributed by atoms with Gasteiger partial charge in [-0.15, -0.1) is 0 Å². The molecule has 0 bridgehead atoms. The topological polar surface area (TPSA) is 78.5 Å². The highest BCUT2D eigenvalue weighted by Gasteiger charge is 2.18. The number of hydrogen-bond donors (Lipinski definition) is 2. The number of pyridine rings is 1. The standard InChI is InChI=1S/C15H18N4/c1-3-6-12-10(4-2)14(13-7-5-8-18-13)11(9-16)15(17)19-12/h5,7-8,18H,3-4,6H2,1-2H3,(H2,17,19). The number of anilines is 1. The lowest BCUT2D eigenvalue weighted by atomic mass is 9.94. The highest BCUT2D eigenvalue weighted by Crippen LogP contribution is 2.32.